The van der Waals surface area contributed by atoms with E-state index >= 15 is 0 Å². The number of rotatable bonds is 5. The maximum Gasteiger partial charge on any atom is 0.220 e. The number of hydrogen-bond donors (Lipinski definition) is 2. The van der Waals surface area contributed by atoms with Crippen LogP contribution in [-0.4, -0.2) is 24.5 Å². The Morgan fingerprint density at radius 2 is 2.12 bits per heavy atom. The molecule has 1 aliphatic rings. The molecular weight excluding hydrogens is 343 g/mol. The lowest BCUT2D eigenvalue weighted by atomic mass is 9.99. The standard InChI is InChI=1S/C19H23FN2O2.ClH/c1-13-17(7-4-12-21-13)22-19(23)11-9-14-8-10-18(24-14)15-5-2-3-6-16(15)20;/h2-3,5-6,8,10,13,17,21H,4,7,9,11-12H2,1H3,(H,22,23);1H. The van der Waals surface area contributed by atoms with Crippen LogP contribution in [0.3, 0.4) is 0 Å². The number of amides is 1. The Labute approximate surface area is 153 Å². The fourth-order valence-electron chi connectivity index (χ4n) is 3.07. The van der Waals surface area contributed by atoms with Gasteiger partial charge in [-0.15, -0.1) is 12.4 Å². The van der Waals surface area contributed by atoms with Gasteiger partial charge >= 0.3 is 0 Å². The van der Waals surface area contributed by atoms with E-state index in [4.69, 9.17) is 4.42 Å². The van der Waals surface area contributed by atoms with Gasteiger partial charge in [-0.3, -0.25) is 4.79 Å². The number of benzene rings is 1. The predicted octanol–water partition coefficient (Wildman–Crippen LogP) is 3.70. The van der Waals surface area contributed by atoms with E-state index in [1.807, 2.05) is 0 Å². The molecule has 0 radical (unpaired) electrons. The summed E-state index contributed by atoms with van der Waals surface area (Å²) in [5.41, 5.74) is 0.440. The maximum absolute atomic E-state index is 13.8. The summed E-state index contributed by atoms with van der Waals surface area (Å²) >= 11 is 0. The molecule has 136 valence electrons. The molecule has 25 heavy (non-hydrogen) atoms. The molecule has 0 bridgehead atoms. The number of furan rings is 1. The lowest BCUT2D eigenvalue weighted by Crippen LogP contribution is -2.51. The monoisotopic (exact) mass is 366 g/mol. The van der Waals surface area contributed by atoms with E-state index in [1.54, 1.807) is 30.3 Å². The highest BCUT2D eigenvalue weighted by Gasteiger charge is 2.22. The molecule has 1 saturated heterocycles. The molecule has 1 aliphatic heterocycles. The molecule has 0 spiro atoms. The number of carbonyl (C=O) groups excluding carboxylic acids is 1. The van der Waals surface area contributed by atoms with Gasteiger partial charge in [0.2, 0.25) is 5.91 Å². The molecule has 1 fully saturated rings. The van der Waals surface area contributed by atoms with Gasteiger partial charge in [-0.2, -0.15) is 0 Å². The van der Waals surface area contributed by atoms with Crippen LogP contribution in [0.15, 0.2) is 40.8 Å². The predicted molar refractivity (Wildman–Crippen MR) is 98.3 cm³/mol. The van der Waals surface area contributed by atoms with E-state index in [2.05, 4.69) is 17.6 Å². The van der Waals surface area contributed by atoms with Crippen molar-refractivity contribution in [2.45, 2.75) is 44.7 Å². The second kappa shape index (κ2) is 9.02. The van der Waals surface area contributed by atoms with Crippen LogP contribution in [-0.2, 0) is 11.2 Å². The van der Waals surface area contributed by atoms with Gasteiger partial charge in [-0.05, 0) is 50.6 Å². The number of hydrogen-bond acceptors (Lipinski definition) is 3. The van der Waals surface area contributed by atoms with Crippen LogP contribution in [0.4, 0.5) is 4.39 Å². The van der Waals surface area contributed by atoms with Crippen molar-refractivity contribution in [1.82, 2.24) is 10.6 Å². The SMILES string of the molecule is CC1NCCCC1NC(=O)CCc1ccc(-c2ccccc2F)o1.Cl. The molecule has 4 nitrogen and oxygen atoms in total. The Morgan fingerprint density at radius 3 is 2.88 bits per heavy atom. The van der Waals surface area contributed by atoms with Gasteiger partial charge in [0.05, 0.1) is 5.56 Å². The van der Waals surface area contributed by atoms with Gasteiger partial charge in [0.25, 0.3) is 0 Å². The van der Waals surface area contributed by atoms with E-state index in [0.717, 1.165) is 19.4 Å². The Bertz CT molecular complexity index is 704. The first kappa shape index (κ1) is 19.5. The fraction of sp³-hybridized carbons (Fsp3) is 0.421. The Balaban J connectivity index is 0.00000225. The van der Waals surface area contributed by atoms with Gasteiger partial charge in [0.1, 0.15) is 17.3 Å². The van der Waals surface area contributed by atoms with Gasteiger partial charge in [-0.1, -0.05) is 12.1 Å². The van der Waals surface area contributed by atoms with E-state index in [1.165, 1.54) is 6.07 Å². The molecule has 0 aliphatic carbocycles. The quantitative estimate of drug-likeness (QED) is 0.848. The minimum atomic E-state index is -0.310. The van der Waals surface area contributed by atoms with Crippen LogP contribution >= 0.6 is 12.4 Å². The number of carbonyl (C=O) groups is 1. The van der Waals surface area contributed by atoms with Crippen LogP contribution in [0.25, 0.3) is 11.3 Å². The highest BCUT2D eigenvalue weighted by Crippen LogP contribution is 2.25. The molecule has 2 N–H and O–H groups in total. The molecule has 2 aromatic rings. The molecule has 1 aromatic heterocycles. The van der Waals surface area contributed by atoms with Gasteiger partial charge < -0.3 is 15.1 Å². The fourth-order valence-corrected chi connectivity index (χ4v) is 3.07. The van der Waals surface area contributed by atoms with Crippen molar-refractivity contribution in [2.75, 3.05) is 6.54 Å². The largest absolute Gasteiger partial charge is 0.461 e. The van der Waals surface area contributed by atoms with E-state index < -0.39 is 0 Å². The summed E-state index contributed by atoms with van der Waals surface area (Å²) in [7, 11) is 0. The number of halogens is 2. The smallest absolute Gasteiger partial charge is 0.220 e. The molecule has 6 heteroatoms. The summed E-state index contributed by atoms with van der Waals surface area (Å²) in [6.45, 7) is 3.11. The molecular formula is C19H24ClFN2O2. The molecule has 1 amide bonds. The molecule has 2 unspecified atom stereocenters. The zero-order valence-corrected chi connectivity index (χ0v) is 15.1. The van der Waals surface area contributed by atoms with Crippen LogP contribution < -0.4 is 10.6 Å². The molecule has 1 aromatic carbocycles. The second-order valence-corrected chi connectivity index (χ2v) is 6.30. The molecule has 3 rings (SSSR count). The van der Waals surface area contributed by atoms with Crippen molar-refractivity contribution in [2.24, 2.45) is 0 Å². The van der Waals surface area contributed by atoms with E-state index in [0.29, 0.717) is 36.0 Å². The third-order valence-corrected chi connectivity index (χ3v) is 4.51. The lowest BCUT2D eigenvalue weighted by molar-refractivity contribution is -0.122. The first-order valence-corrected chi connectivity index (χ1v) is 8.50. The Morgan fingerprint density at radius 1 is 1.32 bits per heavy atom. The minimum absolute atomic E-state index is 0. The van der Waals surface area contributed by atoms with Gasteiger partial charge in [-0.25, -0.2) is 4.39 Å². The summed E-state index contributed by atoms with van der Waals surface area (Å²) < 4.78 is 19.4. The van der Waals surface area contributed by atoms with Crippen LogP contribution in [0.2, 0.25) is 0 Å². The van der Waals surface area contributed by atoms with Crippen molar-refractivity contribution >= 4 is 18.3 Å². The van der Waals surface area contributed by atoms with Crippen molar-refractivity contribution in [3.63, 3.8) is 0 Å². The lowest BCUT2D eigenvalue weighted by Gasteiger charge is -2.30. The third kappa shape index (κ3) is 5.06. The number of aryl methyl sites for hydroxylation is 1. The molecule has 2 heterocycles. The zero-order chi connectivity index (χ0) is 16.9. The average molecular weight is 367 g/mol. The summed E-state index contributed by atoms with van der Waals surface area (Å²) in [5.74, 6) is 0.904. The highest BCUT2D eigenvalue weighted by molar-refractivity contribution is 5.85. The second-order valence-electron chi connectivity index (χ2n) is 6.30. The Kier molecular flexibility index (Phi) is 7.02. The van der Waals surface area contributed by atoms with E-state index in [9.17, 15) is 9.18 Å². The molecule has 2 atom stereocenters. The molecule has 0 saturated carbocycles. The first-order valence-electron chi connectivity index (χ1n) is 8.50. The van der Waals surface area contributed by atoms with Crippen molar-refractivity contribution in [1.29, 1.82) is 0 Å². The third-order valence-electron chi connectivity index (χ3n) is 4.51. The van der Waals surface area contributed by atoms with E-state index in [-0.39, 0.29) is 30.2 Å². The summed E-state index contributed by atoms with van der Waals surface area (Å²) in [4.78, 5) is 12.1. The van der Waals surface area contributed by atoms with Gasteiger partial charge in [0, 0.05) is 24.9 Å². The van der Waals surface area contributed by atoms with Crippen LogP contribution in [0, 0.1) is 5.82 Å². The Hall–Kier alpha value is -1.85. The van der Waals surface area contributed by atoms with Crippen LogP contribution in [0.5, 0.6) is 0 Å². The minimum Gasteiger partial charge on any atom is -0.461 e. The van der Waals surface area contributed by atoms with Crippen molar-refractivity contribution in [3.8, 4) is 11.3 Å². The first-order chi connectivity index (χ1) is 11.6. The number of piperidine rings is 1. The normalized spacial score (nSPS) is 19.9. The summed E-state index contributed by atoms with van der Waals surface area (Å²) in [5, 5.41) is 6.45. The van der Waals surface area contributed by atoms with Crippen molar-refractivity contribution < 1.29 is 13.6 Å². The maximum atomic E-state index is 13.8. The average Bonchev–Trinajstić information content (AvgIpc) is 3.04. The zero-order valence-electron chi connectivity index (χ0n) is 14.3. The highest BCUT2D eigenvalue weighted by atomic mass is 35.5. The topological polar surface area (TPSA) is 54.3 Å². The van der Waals surface area contributed by atoms with Gasteiger partial charge in [0.15, 0.2) is 0 Å². The summed E-state index contributed by atoms with van der Waals surface area (Å²) in [6, 6.07) is 10.6. The number of nitrogens with one attached hydrogen (secondary N) is 2. The summed E-state index contributed by atoms with van der Waals surface area (Å²) in [6.07, 6.45) is 2.97. The van der Waals surface area contributed by atoms with Crippen molar-refractivity contribution in [3.05, 3.63) is 48.0 Å². The van der Waals surface area contributed by atoms with Crippen LogP contribution in [0.1, 0.15) is 31.9 Å².